The Labute approximate surface area is 191 Å². The van der Waals surface area contributed by atoms with Crippen LogP contribution in [0, 0.1) is 5.82 Å². The molecule has 0 amide bonds. The molecule has 2 aromatic carbocycles. The zero-order valence-corrected chi connectivity index (χ0v) is 19.5. The van der Waals surface area contributed by atoms with Crippen LogP contribution >= 0.6 is 11.6 Å². The molecule has 10 heteroatoms. The smallest absolute Gasteiger partial charge is 0.261 e. The van der Waals surface area contributed by atoms with Crippen LogP contribution in [0.1, 0.15) is 38.8 Å². The van der Waals surface area contributed by atoms with Gasteiger partial charge in [0.15, 0.2) is 5.82 Å². The van der Waals surface area contributed by atoms with Gasteiger partial charge >= 0.3 is 0 Å². The lowest BCUT2D eigenvalue weighted by Gasteiger charge is -2.19. The SMILES string of the molecule is CC(C)(C)c1ccc(S(=O)(=O)Nc2cc(F)c(Cl)cc2-c2nncn2[C@@H]2CCOC2)cc1. The molecular weight excluding hydrogens is 455 g/mol. The highest BCUT2D eigenvalue weighted by molar-refractivity contribution is 7.92. The topological polar surface area (TPSA) is 86.1 Å². The van der Waals surface area contributed by atoms with E-state index in [1.807, 2.05) is 20.8 Å². The highest BCUT2D eigenvalue weighted by atomic mass is 35.5. The third-order valence-electron chi connectivity index (χ3n) is 5.45. The number of hydrogen-bond donors (Lipinski definition) is 1. The van der Waals surface area contributed by atoms with E-state index in [2.05, 4.69) is 14.9 Å². The van der Waals surface area contributed by atoms with Crippen LogP contribution in [-0.2, 0) is 20.2 Å². The molecule has 1 fully saturated rings. The lowest BCUT2D eigenvalue weighted by atomic mass is 9.87. The summed E-state index contributed by atoms with van der Waals surface area (Å²) < 4.78 is 50.3. The van der Waals surface area contributed by atoms with Crippen molar-refractivity contribution in [2.75, 3.05) is 17.9 Å². The van der Waals surface area contributed by atoms with Gasteiger partial charge in [-0.15, -0.1) is 10.2 Å². The van der Waals surface area contributed by atoms with E-state index in [4.69, 9.17) is 16.3 Å². The van der Waals surface area contributed by atoms with Gasteiger partial charge in [0.2, 0.25) is 0 Å². The van der Waals surface area contributed by atoms with Crippen molar-refractivity contribution in [1.29, 1.82) is 0 Å². The maximum Gasteiger partial charge on any atom is 0.261 e. The number of anilines is 1. The average Bonchev–Trinajstić information content (AvgIpc) is 3.41. The van der Waals surface area contributed by atoms with Crippen LogP contribution in [0.5, 0.6) is 0 Å². The van der Waals surface area contributed by atoms with Crippen LogP contribution in [0.3, 0.4) is 0 Å². The normalized spacial score (nSPS) is 17.0. The number of sulfonamides is 1. The number of benzene rings is 2. The molecule has 1 aliphatic rings. The first-order valence-electron chi connectivity index (χ1n) is 10.2. The van der Waals surface area contributed by atoms with Crippen molar-refractivity contribution in [3.63, 3.8) is 0 Å². The molecule has 0 unspecified atom stereocenters. The van der Waals surface area contributed by atoms with Crippen molar-refractivity contribution in [2.45, 2.75) is 43.5 Å². The van der Waals surface area contributed by atoms with Crippen LogP contribution in [0.15, 0.2) is 47.6 Å². The van der Waals surface area contributed by atoms with Gasteiger partial charge in [-0.3, -0.25) is 4.72 Å². The molecule has 0 aliphatic carbocycles. The van der Waals surface area contributed by atoms with Crippen LogP contribution in [0.4, 0.5) is 10.1 Å². The highest BCUT2D eigenvalue weighted by Crippen LogP contribution is 2.35. The average molecular weight is 479 g/mol. The van der Waals surface area contributed by atoms with Crippen LogP contribution < -0.4 is 4.72 Å². The molecule has 4 rings (SSSR count). The summed E-state index contributed by atoms with van der Waals surface area (Å²) in [7, 11) is -3.99. The second-order valence-electron chi connectivity index (χ2n) is 8.77. The molecule has 0 saturated carbocycles. The van der Waals surface area contributed by atoms with Crippen LogP contribution in [-0.4, -0.2) is 36.4 Å². The molecule has 1 saturated heterocycles. The molecule has 32 heavy (non-hydrogen) atoms. The molecule has 1 aromatic heterocycles. The lowest BCUT2D eigenvalue weighted by molar-refractivity contribution is 0.187. The molecular formula is C22H24ClFN4O3S. The standard InChI is InChI=1S/C22H24ClFN4O3S/c1-22(2,3)14-4-6-16(7-5-14)32(29,30)27-20-11-19(24)18(23)10-17(20)21-26-25-13-28(21)15-8-9-31-12-15/h4-7,10-11,13,15,27H,8-9,12H2,1-3H3/t15-/m1/s1. The summed E-state index contributed by atoms with van der Waals surface area (Å²) in [6, 6.07) is 9.03. The summed E-state index contributed by atoms with van der Waals surface area (Å²) in [5.74, 6) is -0.366. The van der Waals surface area contributed by atoms with E-state index in [-0.39, 0.29) is 27.1 Å². The Morgan fingerprint density at radius 3 is 2.56 bits per heavy atom. The molecule has 0 radical (unpaired) electrons. The fraction of sp³-hybridized carbons (Fsp3) is 0.364. The quantitative estimate of drug-likeness (QED) is 0.569. The first-order valence-corrected chi connectivity index (χ1v) is 12.0. The predicted octanol–water partition coefficient (Wildman–Crippen LogP) is 4.80. The van der Waals surface area contributed by atoms with Crippen molar-refractivity contribution in [2.24, 2.45) is 0 Å². The Kier molecular flexibility index (Phi) is 6.00. The van der Waals surface area contributed by atoms with Gasteiger partial charge in [-0.25, -0.2) is 12.8 Å². The van der Waals surface area contributed by atoms with Gasteiger partial charge in [0.1, 0.15) is 12.1 Å². The van der Waals surface area contributed by atoms with E-state index in [0.717, 1.165) is 18.1 Å². The number of hydrogen-bond acceptors (Lipinski definition) is 5. The Bertz CT molecular complexity index is 1230. The maximum absolute atomic E-state index is 14.3. The van der Waals surface area contributed by atoms with Crippen LogP contribution in [0.25, 0.3) is 11.4 Å². The van der Waals surface area contributed by atoms with Crippen molar-refractivity contribution in [1.82, 2.24) is 14.8 Å². The zero-order chi connectivity index (χ0) is 23.1. The lowest BCUT2D eigenvalue weighted by Crippen LogP contribution is -2.16. The van der Waals surface area contributed by atoms with Gasteiger partial charge in [-0.1, -0.05) is 44.5 Å². The van der Waals surface area contributed by atoms with Gasteiger partial charge in [0, 0.05) is 18.2 Å². The van der Waals surface area contributed by atoms with E-state index in [0.29, 0.717) is 24.6 Å². The molecule has 1 atom stereocenters. The van der Waals surface area contributed by atoms with Crippen LogP contribution in [0.2, 0.25) is 5.02 Å². The second-order valence-corrected chi connectivity index (χ2v) is 10.9. The van der Waals surface area contributed by atoms with Gasteiger partial charge in [-0.05, 0) is 35.6 Å². The minimum Gasteiger partial charge on any atom is -0.379 e. The summed E-state index contributed by atoms with van der Waals surface area (Å²) >= 11 is 6.03. The molecule has 7 nitrogen and oxygen atoms in total. The predicted molar refractivity (Wildman–Crippen MR) is 121 cm³/mol. The molecule has 3 aromatic rings. The summed E-state index contributed by atoms with van der Waals surface area (Å²) in [6.07, 6.45) is 2.32. The molecule has 170 valence electrons. The Balaban J connectivity index is 1.73. The fourth-order valence-electron chi connectivity index (χ4n) is 3.60. The monoisotopic (exact) mass is 478 g/mol. The van der Waals surface area contributed by atoms with E-state index < -0.39 is 15.8 Å². The minimum absolute atomic E-state index is 0.00164. The molecule has 1 N–H and O–H groups in total. The summed E-state index contributed by atoms with van der Waals surface area (Å²) in [6.45, 7) is 7.23. The maximum atomic E-state index is 14.3. The summed E-state index contributed by atoms with van der Waals surface area (Å²) in [5.41, 5.74) is 1.24. The van der Waals surface area contributed by atoms with Gasteiger partial charge in [0.25, 0.3) is 10.0 Å². The summed E-state index contributed by atoms with van der Waals surface area (Å²) in [5, 5.41) is 7.97. The van der Waals surface area contributed by atoms with E-state index in [1.165, 1.54) is 18.2 Å². The Morgan fingerprint density at radius 2 is 1.94 bits per heavy atom. The van der Waals surface area contributed by atoms with E-state index >= 15 is 0 Å². The van der Waals surface area contributed by atoms with Crippen molar-refractivity contribution in [3.05, 3.63) is 59.1 Å². The molecule has 1 aliphatic heterocycles. The largest absolute Gasteiger partial charge is 0.379 e. The van der Waals surface area contributed by atoms with Crippen molar-refractivity contribution < 1.29 is 17.5 Å². The van der Waals surface area contributed by atoms with Gasteiger partial charge in [-0.2, -0.15) is 0 Å². The third kappa shape index (κ3) is 4.51. The number of ether oxygens (including phenoxy) is 1. The van der Waals surface area contributed by atoms with Gasteiger partial charge < -0.3 is 9.30 Å². The van der Waals surface area contributed by atoms with E-state index in [1.54, 1.807) is 23.0 Å². The first kappa shape index (κ1) is 22.7. The molecule has 2 heterocycles. The van der Waals surface area contributed by atoms with Gasteiger partial charge in [0.05, 0.1) is 28.3 Å². The zero-order valence-electron chi connectivity index (χ0n) is 18.0. The number of aromatic nitrogens is 3. The Hall–Kier alpha value is -2.49. The number of nitrogens with zero attached hydrogens (tertiary/aromatic N) is 3. The Morgan fingerprint density at radius 1 is 1.22 bits per heavy atom. The number of halogens is 2. The minimum atomic E-state index is -3.99. The third-order valence-corrected chi connectivity index (χ3v) is 7.12. The van der Waals surface area contributed by atoms with Crippen molar-refractivity contribution >= 4 is 27.3 Å². The molecule has 0 spiro atoms. The fourth-order valence-corrected chi connectivity index (χ4v) is 4.83. The van der Waals surface area contributed by atoms with Crippen molar-refractivity contribution in [3.8, 4) is 11.4 Å². The van der Waals surface area contributed by atoms with E-state index in [9.17, 15) is 12.8 Å². The summed E-state index contributed by atoms with van der Waals surface area (Å²) in [4.78, 5) is 0.0671. The number of rotatable bonds is 5. The highest BCUT2D eigenvalue weighted by Gasteiger charge is 2.25. The molecule has 0 bridgehead atoms. The number of nitrogens with one attached hydrogen (secondary N) is 1. The first-order chi connectivity index (χ1) is 15.1. The second kappa shape index (κ2) is 8.46.